The van der Waals surface area contributed by atoms with E-state index in [1.54, 1.807) is 0 Å². The van der Waals surface area contributed by atoms with Crippen molar-refractivity contribution in [3.05, 3.63) is 34.4 Å². The minimum atomic E-state index is -4.66. The molecule has 0 aromatic heterocycles. The number of carbonyl (C=O) groups excluding carboxylic acids is 2. The number of rotatable bonds is 1. The standard InChI is InChI=1S/C14H13F3N2O2/c1-7(20)8-4-9-11-6-18-2-3-19(11)13(21)12(9)10(5-8)14(15,16)17/h4-5,11,18H,2-3,6H2,1H3/t11-/m0/s1. The zero-order valence-electron chi connectivity index (χ0n) is 11.3. The van der Waals surface area contributed by atoms with E-state index in [2.05, 4.69) is 5.32 Å². The largest absolute Gasteiger partial charge is 0.417 e. The van der Waals surface area contributed by atoms with Gasteiger partial charge < -0.3 is 10.2 Å². The predicted octanol–water partition coefficient (Wildman–Crippen LogP) is 2.01. The Bertz CT molecular complexity index is 640. The molecule has 4 nitrogen and oxygen atoms in total. The summed E-state index contributed by atoms with van der Waals surface area (Å²) in [6.45, 7) is 2.54. The second kappa shape index (κ2) is 4.56. The fourth-order valence-corrected chi connectivity index (χ4v) is 2.96. The fourth-order valence-electron chi connectivity index (χ4n) is 2.96. The number of hydrogen-bond donors (Lipinski definition) is 1. The number of halogens is 3. The molecule has 3 rings (SSSR count). The number of hydrogen-bond acceptors (Lipinski definition) is 3. The number of benzene rings is 1. The summed E-state index contributed by atoms with van der Waals surface area (Å²) in [5.74, 6) is -1.04. The third-order valence-corrected chi connectivity index (χ3v) is 3.96. The molecule has 0 radical (unpaired) electrons. The number of carbonyl (C=O) groups is 2. The first-order valence-corrected chi connectivity index (χ1v) is 6.58. The van der Waals surface area contributed by atoms with E-state index in [1.807, 2.05) is 0 Å². The van der Waals surface area contributed by atoms with Gasteiger partial charge in [0, 0.05) is 25.2 Å². The van der Waals surface area contributed by atoms with Crippen molar-refractivity contribution >= 4 is 11.7 Å². The van der Waals surface area contributed by atoms with Gasteiger partial charge in [0.05, 0.1) is 17.2 Å². The number of nitrogens with zero attached hydrogens (tertiary/aromatic N) is 1. The van der Waals surface area contributed by atoms with Crippen LogP contribution in [-0.4, -0.2) is 36.2 Å². The van der Waals surface area contributed by atoms with Crippen LogP contribution in [0.2, 0.25) is 0 Å². The highest BCUT2D eigenvalue weighted by molar-refractivity contribution is 6.03. The number of amides is 1. The van der Waals surface area contributed by atoms with Crippen LogP contribution in [0.4, 0.5) is 13.2 Å². The summed E-state index contributed by atoms with van der Waals surface area (Å²) in [5.41, 5.74) is -1.03. The van der Waals surface area contributed by atoms with Crippen LogP contribution in [0.1, 0.15) is 44.8 Å². The van der Waals surface area contributed by atoms with E-state index in [0.717, 1.165) is 6.07 Å². The Kier molecular flexibility index (Phi) is 3.05. The van der Waals surface area contributed by atoms with Gasteiger partial charge in [-0.1, -0.05) is 0 Å². The third-order valence-electron chi connectivity index (χ3n) is 3.96. The number of piperazine rings is 1. The van der Waals surface area contributed by atoms with Crippen molar-refractivity contribution in [3.63, 3.8) is 0 Å². The maximum Gasteiger partial charge on any atom is 0.417 e. The van der Waals surface area contributed by atoms with Crippen molar-refractivity contribution in [2.24, 2.45) is 0 Å². The molecule has 2 aliphatic rings. The van der Waals surface area contributed by atoms with E-state index in [-0.39, 0.29) is 11.1 Å². The first kappa shape index (κ1) is 14.1. The molecular weight excluding hydrogens is 285 g/mol. The van der Waals surface area contributed by atoms with Gasteiger partial charge in [-0.25, -0.2) is 0 Å². The smallest absolute Gasteiger partial charge is 0.329 e. The number of alkyl halides is 3. The molecule has 1 saturated heterocycles. The summed E-state index contributed by atoms with van der Waals surface area (Å²) < 4.78 is 39.7. The number of ketones is 1. The maximum absolute atomic E-state index is 13.2. The summed E-state index contributed by atoms with van der Waals surface area (Å²) in [6.07, 6.45) is -4.66. The lowest BCUT2D eigenvalue weighted by molar-refractivity contribution is -0.137. The van der Waals surface area contributed by atoms with Crippen molar-refractivity contribution in [1.82, 2.24) is 10.2 Å². The van der Waals surface area contributed by atoms with E-state index in [9.17, 15) is 22.8 Å². The molecule has 21 heavy (non-hydrogen) atoms. The first-order chi connectivity index (χ1) is 9.80. The van der Waals surface area contributed by atoms with E-state index >= 15 is 0 Å². The molecule has 1 aromatic carbocycles. The highest BCUT2D eigenvalue weighted by Gasteiger charge is 2.45. The second-order valence-electron chi connectivity index (χ2n) is 5.26. The van der Waals surface area contributed by atoms with Gasteiger partial charge in [-0.15, -0.1) is 0 Å². The Balaban J connectivity index is 2.25. The summed E-state index contributed by atoms with van der Waals surface area (Å²) in [4.78, 5) is 25.2. The molecule has 2 heterocycles. The Labute approximate surface area is 118 Å². The molecule has 1 fully saturated rings. The van der Waals surface area contributed by atoms with Crippen molar-refractivity contribution < 1.29 is 22.8 Å². The summed E-state index contributed by atoms with van der Waals surface area (Å²) in [5, 5.41) is 3.06. The fraction of sp³-hybridized carbons (Fsp3) is 0.429. The maximum atomic E-state index is 13.2. The molecule has 0 spiro atoms. The van der Waals surface area contributed by atoms with Gasteiger partial charge in [-0.3, -0.25) is 9.59 Å². The molecule has 2 aliphatic heterocycles. The lowest BCUT2D eigenvalue weighted by Gasteiger charge is -2.30. The van der Waals surface area contributed by atoms with Gasteiger partial charge in [0.25, 0.3) is 5.91 Å². The van der Waals surface area contributed by atoms with Gasteiger partial charge in [0.2, 0.25) is 0 Å². The SMILES string of the molecule is CC(=O)c1cc2c(c(C(F)(F)F)c1)C(=O)N1CCNC[C@@H]21. The molecule has 0 saturated carbocycles. The zero-order chi connectivity index (χ0) is 15.4. The highest BCUT2D eigenvalue weighted by atomic mass is 19.4. The van der Waals surface area contributed by atoms with E-state index in [4.69, 9.17) is 0 Å². The Morgan fingerprint density at radius 3 is 2.71 bits per heavy atom. The van der Waals surface area contributed by atoms with Gasteiger partial charge in [-0.05, 0) is 24.6 Å². The lowest BCUT2D eigenvalue weighted by atomic mass is 9.94. The molecule has 1 aromatic rings. The van der Waals surface area contributed by atoms with Crippen LogP contribution in [0, 0.1) is 0 Å². The molecule has 112 valence electrons. The monoisotopic (exact) mass is 298 g/mol. The van der Waals surface area contributed by atoms with E-state index in [1.165, 1.54) is 17.9 Å². The minimum absolute atomic E-state index is 0.0127. The van der Waals surface area contributed by atoms with Crippen LogP contribution in [0.15, 0.2) is 12.1 Å². The molecular formula is C14H13F3N2O2. The molecule has 1 N–H and O–H groups in total. The molecule has 0 bridgehead atoms. The average molecular weight is 298 g/mol. The molecule has 0 unspecified atom stereocenters. The Morgan fingerprint density at radius 2 is 2.10 bits per heavy atom. The van der Waals surface area contributed by atoms with Crippen LogP contribution in [0.25, 0.3) is 0 Å². The summed E-state index contributed by atoms with van der Waals surface area (Å²) >= 11 is 0. The second-order valence-corrected chi connectivity index (χ2v) is 5.26. The van der Waals surface area contributed by atoms with Crippen LogP contribution in [-0.2, 0) is 6.18 Å². The highest BCUT2D eigenvalue weighted by Crippen LogP contribution is 2.42. The van der Waals surface area contributed by atoms with Gasteiger partial charge in [0.15, 0.2) is 5.78 Å². The third kappa shape index (κ3) is 2.12. The molecule has 7 heteroatoms. The Morgan fingerprint density at radius 1 is 1.38 bits per heavy atom. The number of fused-ring (bicyclic) bond motifs is 3. The van der Waals surface area contributed by atoms with Crippen LogP contribution < -0.4 is 5.32 Å². The molecule has 0 aliphatic carbocycles. The van der Waals surface area contributed by atoms with Gasteiger partial charge >= 0.3 is 6.18 Å². The normalized spacial score (nSPS) is 21.2. The lowest BCUT2D eigenvalue weighted by Crippen LogP contribution is -2.44. The van der Waals surface area contributed by atoms with E-state index < -0.39 is 29.5 Å². The van der Waals surface area contributed by atoms with Crippen molar-refractivity contribution in [2.45, 2.75) is 19.1 Å². The number of nitrogens with one attached hydrogen (secondary N) is 1. The molecule has 1 atom stereocenters. The van der Waals surface area contributed by atoms with Gasteiger partial charge in [0.1, 0.15) is 0 Å². The van der Waals surface area contributed by atoms with Crippen LogP contribution >= 0.6 is 0 Å². The quantitative estimate of drug-likeness (QED) is 0.807. The average Bonchev–Trinajstić information content (AvgIpc) is 2.71. The van der Waals surface area contributed by atoms with Gasteiger partial charge in [-0.2, -0.15) is 13.2 Å². The topological polar surface area (TPSA) is 49.4 Å². The zero-order valence-corrected chi connectivity index (χ0v) is 11.3. The predicted molar refractivity (Wildman–Crippen MR) is 68.1 cm³/mol. The first-order valence-electron chi connectivity index (χ1n) is 6.58. The summed E-state index contributed by atoms with van der Waals surface area (Å²) in [6, 6.07) is 1.77. The van der Waals surface area contributed by atoms with Crippen LogP contribution in [0.5, 0.6) is 0 Å². The van der Waals surface area contributed by atoms with Crippen molar-refractivity contribution in [1.29, 1.82) is 0 Å². The summed E-state index contributed by atoms with van der Waals surface area (Å²) in [7, 11) is 0. The minimum Gasteiger partial charge on any atom is -0.329 e. The molecule has 1 amide bonds. The van der Waals surface area contributed by atoms with Crippen molar-refractivity contribution in [3.8, 4) is 0 Å². The van der Waals surface area contributed by atoms with Crippen molar-refractivity contribution in [2.75, 3.05) is 19.6 Å². The van der Waals surface area contributed by atoms with E-state index in [0.29, 0.717) is 25.2 Å². The number of Topliss-reactive ketones (excluding diaryl/α,β-unsaturated/α-hetero) is 1. The Hall–Kier alpha value is -1.89. The van der Waals surface area contributed by atoms with Crippen LogP contribution in [0.3, 0.4) is 0 Å².